The van der Waals surface area contributed by atoms with Crippen LogP contribution >= 0.6 is 0 Å². The van der Waals surface area contributed by atoms with Gasteiger partial charge in [0.2, 0.25) is 23.5 Å². The second-order valence-electron chi connectivity index (χ2n) is 16.4. The SMILES string of the molecule is CCC[C@H](NC(=O)[C@@H]1C[C@@H]2CCCC[C@@H]2N1C(=O)[C@@H](NC(=O)[C@@H](NC(=O)c1cnccn1)C1CCCCC1)C(C)(C)C)C(=O)C(=O)NC[C@@H]1CCCO1. The number of fused-ring (bicyclic) bond motifs is 1. The van der Waals surface area contributed by atoms with Gasteiger partial charge in [-0.1, -0.05) is 66.2 Å². The molecule has 5 amide bonds. The number of hydrogen-bond acceptors (Lipinski definition) is 9. The van der Waals surface area contributed by atoms with E-state index in [1.807, 2.05) is 27.7 Å². The fourth-order valence-corrected chi connectivity index (χ4v) is 8.62. The highest BCUT2D eigenvalue weighted by Gasteiger charge is 2.51. The van der Waals surface area contributed by atoms with Gasteiger partial charge in [0.1, 0.15) is 23.8 Å². The van der Waals surface area contributed by atoms with E-state index in [4.69, 9.17) is 4.74 Å². The van der Waals surface area contributed by atoms with E-state index in [0.29, 0.717) is 19.4 Å². The zero-order chi connectivity index (χ0) is 38.1. The number of ether oxygens (including phenoxy) is 1. The standard InChI is InChI=1S/C39H59N7O7/c1-5-12-27(32(47)37(51)42-22-26-16-11-20-53-26)43-35(49)30-21-25-15-9-10-17-29(25)46(30)38(52)33(39(2,3)4)45-36(50)31(24-13-7-6-8-14-24)44-34(48)28-23-40-18-19-41-28/h18-19,23-27,29-31,33H,5-17,20-22H2,1-4H3,(H,42,51)(H,43,49)(H,44,48)(H,45,50)/t25-,26-,27-,29-,30-,31-,33+/m0/s1. The minimum Gasteiger partial charge on any atom is -0.376 e. The van der Waals surface area contributed by atoms with Gasteiger partial charge < -0.3 is 30.9 Å². The maximum atomic E-state index is 14.9. The molecule has 4 fully saturated rings. The number of ketones is 1. The maximum Gasteiger partial charge on any atom is 0.289 e. The molecule has 0 unspecified atom stereocenters. The van der Waals surface area contributed by atoms with Gasteiger partial charge in [0.25, 0.3) is 11.8 Å². The van der Waals surface area contributed by atoms with E-state index in [1.54, 1.807) is 4.90 Å². The van der Waals surface area contributed by atoms with Crippen LogP contribution in [0, 0.1) is 17.3 Å². The Morgan fingerprint density at radius 3 is 2.30 bits per heavy atom. The monoisotopic (exact) mass is 737 g/mol. The average Bonchev–Trinajstić information content (AvgIpc) is 3.83. The van der Waals surface area contributed by atoms with E-state index >= 15 is 0 Å². The van der Waals surface area contributed by atoms with Gasteiger partial charge in [-0.05, 0) is 68.6 Å². The van der Waals surface area contributed by atoms with Gasteiger partial charge in [-0.3, -0.25) is 33.8 Å². The van der Waals surface area contributed by atoms with E-state index in [-0.39, 0.29) is 48.5 Å². The lowest BCUT2D eigenvalue weighted by Gasteiger charge is -2.40. The smallest absolute Gasteiger partial charge is 0.289 e. The number of Topliss-reactive ketones (excluding diaryl/α,β-unsaturated/α-hetero) is 1. The Morgan fingerprint density at radius 2 is 1.64 bits per heavy atom. The molecule has 1 aromatic rings. The Bertz CT molecular complexity index is 1460. The molecule has 5 rings (SSSR count). The fraction of sp³-hybridized carbons (Fsp3) is 0.744. The van der Waals surface area contributed by atoms with Crippen LogP contribution in [0.1, 0.15) is 128 Å². The molecule has 2 aliphatic heterocycles. The summed E-state index contributed by atoms with van der Waals surface area (Å²) in [6, 6.07) is -4.01. The number of hydrogen-bond donors (Lipinski definition) is 4. The number of amides is 5. The number of carbonyl (C=O) groups excluding carboxylic acids is 6. The highest BCUT2D eigenvalue weighted by molar-refractivity contribution is 6.38. The predicted octanol–water partition coefficient (Wildman–Crippen LogP) is 3.00. The van der Waals surface area contributed by atoms with E-state index in [1.165, 1.54) is 18.6 Å². The molecule has 3 heterocycles. The summed E-state index contributed by atoms with van der Waals surface area (Å²) in [5, 5.41) is 11.5. The molecule has 2 aliphatic carbocycles. The molecule has 0 aromatic carbocycles. The zero-order valence-electron chi connectivity index (χ0n) is 31.9. The summed E-state index contributed by atoms with van der Waals surface area (Å²) in [6.45, 7) is 8.36. The average molecular weight is 738 g/mol. The fourth-order valence-electron chi connectivity index (χ4n) is 8.62. The van der Waals surface area contributed by atoms with E-state index in [2.05, 4.69) is 31.2 Å². The van der Waals surface area contributed by atoms with Crippen molar-refractivity contribution < 1.29 is 33.5 Å². The summed E-state index contributed by atoms with van der Waals surface area (Å²) in [4.78, 5) is 92.6. The minimum atomic E-state index is -1.04. The van der Waals surface area contributed by atoms with E-state index < -0.39 is 59.0 Å². The topological polar surface area (TPSA) is 189 Å². The minimum absolute atomic E-state index is 0.0936. The van der Waals surface area contributed by atoms with Crippen LogP contribution in [0.2, 0.25) is 0 Å². The lowest BCUT2D eigenvalue weighted by molar-refractivity contribution is -0.147. The normalized spacial score (nSPS) is 25.0. The largest absolute Gasteiger partial charge is 0.376 e. The lowest BCUT2D eigenvalue weighted by Crippen LogP contribution is -2.63. The van der Waals surface area contributed by atoms with Crippen LogP contribution in [0.25, 0.3) is 0 Å². The molecule has 1 aromatic heterocycles. The first kappa shape index (κ1) is 40.2. The zero-order valence-corrected chi connectivity index (χ0v) is 31.9. The maximum absolute atomic E-state index is 14.9. The third-order valence-electron chi connectivity index (χ3n) is 11.5. The van der Waals surface area contributed by atoms with Crippen molar-refractivity contribution >= 4 is 35.3 Å². The summed E-state index contributed by atoms with van der Waals surface area (Å²) in [5.74, 6) is -3.31. The highest BCUT2D eigenvalue weighted by atomic mass is 16.5. The van der Waals surface area contributed by atoms with E-state index in [0.717, 1.165) is 70.6 Å². The molecule has 2 saturated carbocycles. The van der Waals surface area contributed by atoms with Gasteiger partial charge in [0.15, 0.2) is 0 Å². The molecule has 14 heteroatoms. The molecule has 0 bridgehead atoms. The molecule has 53 heavy (non-hydrogen) atoms. The Balaban J connectivity index is 1.35. The van der Waals surface area contributed by atoms with Crippen molar-refractivity contribution in [3.63, 3.8) is 0 Å². The van der Waals surface area contributed by atoms with Crippen LogP contribution in [0.15, 0.2) is 18.6 Å². The molecule has 2 saturated heterocycles. The second kappa shape index (κ2) is 18.4. The Morgan fingerprint density at radius 1 is 0.906 bits per heavy atom. The third-order valence-corrected chi connectivity index (χ3v) is 11.5. The van der Waals surface area contributed by atoms with Crippen molar-refractivity contribution in [2.45, 2.75) is 154 Å². The Labute approximate surface area is 313 Å². The first-order valence-electron chi connectivity index (χ1n) is 19.8. The van der Waals surface area contributed by atoms with Crippen LogP contribution in [-0.4, -0.2) is 99.7 Å². The van der Waals surface area contributed by atoms with Crippen LogP contribution in [-0.2, 0) is 28.7 Å². The van der Waals surface area contributed by atoms with Crippen molar-refractivity contribution in [3.05, 3.63) is 24.3 Å². The van der Waals surface area contributed by atoms with Gasteiger partial charge in [0.05, 0.1) is 18.3 Å². The third kappa shape index (κ3) is 10.2. The van der Waals surface area contributed by atoms with Crippen molar-refractivity contribution in [2.75, 3.05) is 13.2 Å². The molecule has 4 aliphatic rings. The number of nitrogens with one attached hydrogen (secondary N) is 4. The molecular weight excluding hydrogens is 678 g/mol. The molecule has 7 atom stereocenters. The molecular formula is C39H59N7O7. The summed E-state index contributed by atoms with van der Waals surface area (Å²) < 4.78 is 5.57. The highest BCUT2D eigenvalue weighted by Crippen LogP contribution is 2.41. The number of likely N-dealkylation sites (tertiary alicyclic amines) is 1. The van der Waals surface area contributed by atoms with Crippen LogP contribution in [0.4, 0.5) is 0 Å². The number of nitrogens with zero attached hydrogens (tertiary/aromatic N) is 3. The number of carbonyl (C=O) groups is 6. The quantitative estimate of drug-likeness (QED) is 0.208. The van der Waals surface area contributed by atoms with Gasteiger partial charge in [-0.15, -0.1) is 0 Å². The molecule has 14 nitrogen and oxygen atoms in total. The van der Waals surface area contributed by atoms with Crippen molar-refractivity contribution in [3.8, 4) is 0 Å². The number of rotatable bonds is 14. The van der Waals surface area contributed by atoms with Crippen molar-refractivity contribution in [2.24, 2.45) is 17.3 Å². The number of aromatic nitrogens is 2. The van der Waals surface area contributed by atoms with E-state index in [9.17, 15) is 28.8 Å². The molecule has 292 valence electrons. The van der Waals surface area contributed by atoms with Gasteiger partial charge in [0, 0.05) is 31.6 Å². The summed E-state index contributed by atoms with van der Waals surface area (Å²) in [7, 11) is 0. The summed E-state index contributed by atoms with van der Waals surface area (Å²) in [5.41, 5.74) is -0.659. The van der Waals surface area contributed by atoms with Crippen molar-refractivity contribution in [1.82, 2.24) is 36.1 Å². The molecule has 0 radical (unpaired) electrons. The van der Waals surface area contributed by atoms with Crippen molar-refractivity contribution in [1.29, 1.82) is 0 Å². The van der Waals surface area contributed by atoms with Crippen LogP contribution < -0.4 is 21.3 Å². The Hall–Kier alpha value is -3.94. The van der Waals surface area contributed by atoms with Crippen LogP contribution in [0.5, 0.6) is 0 Å². The van der Waals surface area contributed by atoms with Gasteiger partial charge in [-0.25, -0.2) is 4.98 Å². The predicted molar refractivity (Wildman–Crippen MR) is 196 cm³/mol. The molecule has 0 spiro atoms. The summed E-state index contributed by atoms with van der Waals surface area (Å²) >= 11 is 0. The second-order valence-corrected chi connectivity index (χ2v) is 16.4. The first-order valence-corrected chi connectivity index (χ1v) is 19.8. The Kier molecular flexibility index (Phi) is 14.0. The van der Waals surface area contributed by atoms with Gasteiger partial charge in [-0.2, -0.15) is 0 Å². The lowest BCUT2D eigenvalue weighted by atomic mass is 9.81. The van der Waals surface area contributed by atoms with Gasteiger partial charge >= 0.3 is 0 Å². The van der Waals surface area contributed by atoms with Crippen LogP contribution in [0.3, 0.4) is 0 Å². The molecule has 4 N–H and O–H groups in total. The first-order chi connectivity index (χ1) is 25.4. The summed E-state index contributed by atoms with van der Waals surface area (Å²) in [6.07, 6.45) is 15.0.